The topological polar surface area (TPSA) is 61.8 Å². The zero-order chi connectivity index (χ0) is 23.9. The number of ether oxygens (including phenoxy) is 3. The first-order chi connectivity index (χ1) is 16.0. The Morgan fingerprint density at radius 2 is 1.44 bits per heavy atom. The molecule has 0 aromatic rings. The highest BCUT2D eigenvalue weighted by molar-refractivity contribution is 5.79. The number of alkyl halides is 2. The molecule has 2 atom stereocenters. The monoisotopic (exact) mass is 480 g/mol. The zero-order valence-corrected chi connectivity index (χ0v) is 20.5. The quantitative estimate of drug-likeness (QED) is 0.273. The largest absolute Gasteiger partial charge is 0.455 e. The Bertz CT molecular complexity index is 822. The summed E-state index contributed by atoms with van der Waals surface area (Å²) in [6, 6.07) is 0. The van der Waals surface area contributed by atoms with Gasteiger partial charge < -0.3 is 14.2 Å². The minimum absolute atomic E-state index is 0.0579. The second-order valence-electron chi connectivity index (χ2n) is 13.4. The molecule has 0 saturated heterocycles. The number of hydrogen-bond donors (Lipinski definition) is 0. The highest BCUT2D eigenvalue weighted by Gasteiger charge is 2.64. The van der Waals surface area contributed by atoms with Crippen LogP contribution in [0.25, 0.3) is 0 Å². The second-order valence-corrected chi connectivity index (χ2v) is 13.4. The van der Waals surface area contributed by atoms with E-state index in [2.05, 4.69) is 6.92 Å². The van der Waals surface area contributed by atoms with Gasteiger partial charge in [0.15, 0.2) is 6.79 Å². The standard InChI is InChI=1S/C27H38F2O5/c1-24(20-5-16-3-17(7-20)8-21(24)6-16)14-32-15-33-23(31)26-9-18-4-19(10-26)12-27(11-18,13-26)34-22(30)25(2,28)29/h16-21H,3-15H2,1-2H3. The molecule has 8 bridgehead atoms. The van der Waals surface area contributed by atoms with Crippen molar-refractivity contribution in [2.75, 3.05) is 13.4 Å². The molecule has 0 aliphatic heterocycles. The van der Waals surface area contributed by atoms with E-state index in [1.165, 1.54) is 32.1 Å². The molecule has 8 aliphatic carbocycles. The van der Waals surface area contributed by atoms with Gasteiger partial charge in [-0.3, -0.25) is 4.79 Å². The molecule has 190 valence electrons. The summed E-state index contributed by atoms with van der Waals surface area (Å²) in [5, 5.41) is 0. The summed E-state index contributed by atoms with van der Waals surface area (Å²) in [5.41, 5.74) is -1.54. The lowest BCUT2D eigenvalue weighted by Crippen LogP contribution is -2.60. The fraction of sp³-hybridized carbons (Fsp3) is 0.926. The van der Waals surface area contributed by atoms with E-state index in [-0.39, 0.29) is 36.4 Å². The van der Waals surface area contributed by atoms with E-state index in [4.69, 9.17) is 14.2 Å². The summed E-state index contributed by atoms with van der Waals surface area (Å²) in [4.78, 5) is 25.3. The van der Waals surface area contributed by atoms with E-state index in [1.807, 2.05) is 0 Å². The molecule has 8 saturated carbocycles. The van der Waals surface area contributed by atoms with Gasteiger partial charge in [-0.1, -0.05) is 6.92 Å². The maximum absolute atomic E-state index is 13.6. The third-order valence-corrected chi connectivity index (χ3v) is 10.8. The molecule has 0 aromatic carbocycles. The van der Waals surface area contributed by atoms with Crippen molar-refractivity contribution in [2.45, 2.75) is 96.0 Å². The van der Waals surface area contributed by atoms with Crippen molar-refractivity contribution in [3.05, 3.63) is 0 Å². The number of hydrogen-bond acceptors (Lipinski definition) is 5. The molecule has 0 heterocycles. The van der Waals surface area contributed by atoms with Crippen LogP contribution in [-0.2, 0) is 23.8 Å². The van der Waals surface area contributed by atoms with Crippen molar-refractivity contribution < 1.29 is 32.6 Å². The Kier molecular flexibility index (Phi) is 5.20. The predicted molar refractivity (Wildman–Crippen MR) is 119 cm³/mol. The van der Waals surface area contributed by atoms with Gasteiger partial charge in [0.2, 0.25) is 0 Å². The van der Waals surface area contributed by atoms with Crippen LogP contribution in [0.4, 0.5) is 8.78 Å². The Hall–Kier alpha value is -1.24. The maximum Gasteiger partial charge on any atom is 0.377 e. The molecule has 2 unspecified atom stereocenters. The summed E-state index contributed by atoms with van der Waals surface area (Å²) in [6.07, 6.45) is 10.5. The first-order valence-corrected chi connectivity index (χ1v) is 13.3. The van der Waals surface area contributed by atoms with Crippen molar-refractivity contribution >= 4 is 11.9 Å². The van der Waals surface area contributed by atoms with Crippen molar-refractivity contribution in [3.63, 3.8) is 0 Å². The average molecular weight is 481 g/mol. The highest BCUT2D eigenvalue weighted by atomic mass is 19.3. The molecular weight excluding hydrogens is 442 g/mol. The van der Waals surface area contributed by atoms with Crippen LogP contribution in [0, 0.1) is 46.3 Å². The van der Waals surface area contributed by atoms with E-state index in [1.54, 1.807) is 0 Å². The van der Waals surface area contributed by atoms with Crippen LogP contribution in [0.2, 0.25) is 0 Å². The van der Waals surface area contributed by atoms with Gasteiger partial charge in [-0.05, 0) is 105 Å². The van der Waals surface area contributed by atoms with Crippen LogP contribution in [-0.4, -0.2) is 36.9 Å². The SMILES string of the molecule is CC(F)(F)C(=O)OC12CC3CC(C1)CC(C(=O)OCOCC1(C)C4CC5CC(C4)CC1C5)(C3)C2. The third kappa shape index (κ3) is 3.70. The molecule has 0 N–H and O–H groups in total. The molecule has 7 heteroatoms. The molecule has 8 aliphatic rings. The predicted octanol–water partition coefficient (Wildman–Crippen LogP) is 5.50. The lowest BCUT2D eigenvalue weighted by Gasteiger charge is -2.60. The fourth-order valence-corrected chi connectivity index (χ4v) is 9.83. The Morgan fingerprint density at radius 1 is 0.882 bits per heavy atom. The number of esters is 2. The van der Waals surface area contributed by atoms with Crippen molar-refractivity contribution in [2.24, 2.45) is 46.3 Å². The molecule has 0 radical (unpaired) electrons. The smallest absolute Gasteiger partial charge is 0.377 e. The Morgan fingerprint density at radius 3 is 2.00 bits per heavy atom. The maximum atomic E-state index is 13.6. The highest BCUT2D eigenvalue weighted by Crippen LogP contribution is 2.64. The number of halogens is 2. The van der Waals surface area contributed by atoms with Gasteiger partial charge in [-0.25, -0.2) is 4.79 Å². The van der Waals surface area contributed by atoms with Crippen LogP contribution < -0.4 is 0 Å². The van der Waals surface area contributed by atoms with Gasteiger partial charge in [0.25, 0.3) is 0 Å². The molecule has 0 spiro atoms. The molecule has 0 aromatic heterocycles. The number of carbonyl (C=O) groups is 2. The lowest BCUT2D eigenvalue weighted by atomic mass is 9.46. The van der Waals surface area contributed by atoms with E-state index in [9.17, 15) is 18.4 Å². The van der Waals surface area contributed by atoms with Crippen molar-refractivity contribution in [3.8, 4) is 0 Å². The normalized spacial score (nSPS) is 48.2. The minimum atomic E-state index is -3.53. The average Bonchev–Trinajstić information content (AvgIpc) is 2.72. The minimum Gasteiger partial charge on any atom is -0.455 e. The molecule has 8 rings (SSSR count). The van der Waals surface area contributed by atoms with Crippen LogP contribution in [0.1, 0.15) is 84.5 Å². The molecule has 5 nitrogen and oxygen atoms in total. The lowest BCUT2D eigenvalue weighted by molar-refractivity contribution is -0.229. The summed E-state index contributed by atoms with van der Waals surface area (Å²) >= 11 is 0. The van der Waals surface area contributed by atoms with Gasteiger partial charge in [-0.2, -0.15) is 8.78 Å². The first-order valence-electron chi connectivity index (χ1n) is 13.3. The molecule has 0 amide bonds. The van der Waals surface area contributed by atoms with E-state index < -0.39 is 22.9 Å². The molecule has 8 fully saturated rings. The summed E-state index contributed by atoms with van der Waals surface area (Å²) in [7, 11) is 0. The molecular formula is C27H38F2O5. The molecule has 34 heavy (non-hydrogen) atoms. The summed E-state index contributed by atoms with van der Waals surface area (Å²) in [5.74, 6) is -1.66. The summed E-state index contributed by atoms with van der Waals surface area (Å²) in [6.45, 7) is 3.50. The van der Waals surface area contributed by atoms with Gasteiger partial charge in [-0.15, -0.1) is 0 Å². The first kappa shape index (κ1) is 23.2. The Labute approximate surface area is 200 Å². The van der Waals surface area contributed by atoms with Gasteiger partial charge in [0.05, 0.1) is 12.0 Å². The second kappa shape index (κ2) is 7.63. The van der Waals surface area contributed by atoms with Gasteiger partial charge in [0, 0.05) is 13.3 Å². The van der Waals surface area contributed by atoms with E-state index in [0.717, 1.165) is 18.3 Å². The van der Waals surface area contributed by atoms with Crippen molar-refractivity contribution in [1.82, 2.24) is 0 Å². The Balaban J connectivity index is 1.07. The fourth-order valence-electron chi connectivity index (χ4n) is 9.83. The van der Waals surface area contributed by atoms with E-state index in [0.29, 0.717) is 51.0 Å². The van der Waals surface area contributed by atoms with Gasteiger partial charge >= 0.3 is 17.9 Å². The van der Waals surface area contributed by atoms with E-state index >= 15 is 0 Å². The van der Waals surface area contributed by atoms with Crippen LogP contribution in [0.5, 0.6) is 0 Å². The summed E-state index contributed by atoms with van der Waals surface area (Å²) < 4.78 is 44.3. The van der Waals surface area contributed by atoms with Crippen LogP contribution in [0.15, 0.2) is 0 Å². The number of carbonyl (C=O) groups excluding carboxylic acids is 2. The van der Waals surface area contributed by atoms with Crippen molar-refractivity contribution in [1.29, 1.82) is 0 Å². The number of rotatable bonds is 7. The van der Waals surface area contributed by atoms with Gasteiger partial charge in [0.1, 0.15) is 5.60 Å². The van der Waals surface area contributed by atoms with Crippen LogP contribution >= 0.6 is 0 Å². The third-order valence-electron chi connectivity index (χ3n) is 10.8. The van der Waals surface area contributed by atoms with Crippen LogP contribution in [0.3, 0.4) is 0 Å². The zero-order valence-electron chi connectivity index (χ0n) is 20.5.